The van der Waals surface area contributed by atoms with Gasteiger partial charge in [0.25, 0.3) is 0 Å². The molecule has 2 amide bonds. The Bertz CT molecular complexity index is 681. The summed E-state index contributed by atoms with van der Waals surface area (Å²) in [6.45, 7) is 3.09. The first kappa shape index (κ1) is 17.5. The molecule has 0 spiro atoms. The van der Waals surface area contributed by atoms with E-state index in [0.29, 0.717) is 6.42 Å². The van der Waals surface area contributed by atoms with E-state index in [1.54, 1.807) is 0 Å². The van der Waals surface area contributed by atoms with Crippen molar-refractivity contribution in [3.05, 3.63) is 10.6 Å². The Labute approximate surface area is 134 Å². The topological polar surface area (TPSA) is 110 Å². The molecule has 0 radical (unpaired) electrons. The lowest BCUT2D eigenvalue weighted by atomic mass is 9.85. The fourth-order valence-corrected chi connectivity index (χ4v) is 4.57. The van der Waals surface area contributed by atoms with Crippen LogP contribution in [-0.2, 0) is 29.0 Å². The van der Waals surface area contributed by atoms with E-state index in [2.05, 4.69) is 10.1 Å². The van der Waals surface area contributed by atoms with Crippen LogP contribution in [0.1, 0.15) is 26.7 Å². The molecule has 2 unspecified atom stereocenters. The lowest BCUT2D eigenvalue weighted by Gasteiger charge is -2.43. The molecule has 0 aromatic rings. The van der Waals surface area contributed by atoms with E-state index in [4.69, 9.17) is 0 Å². The Balaban J connectivity index is 2.31. The third-order valence-corrected chi connectivity index (χ3v) is 6.04. The van der Waals surface area contributed by atoms with Crippen molar-refractivity contribution < 1.29 is 27.5 Å². The van der Waals surface area contributed by atoms with Crippen LogP contribution in [0.2, 0.25) is 0 Å². The van der Waals surface area contributed by atoms with Gasteiger partial charge in [-0.1, -0.05) is 6.92 Å². The van der Waals surface area contributed by atoms with Gasteiger partial charge in [0, 0.05) is 19.9 Å². The van der Waals surface area contributed by atoms with Crippen LogP contribution in [0.25, 0.3) is 0 Å². The molecule has 2 atom stereocenters. The molecular weight excluding hydrogens is 324 g/mol. The van der Waals surface area contributed by atoms with Gasteiger partial charge in [0.05, 0.1) is 29.7 Å². The average molecular weight is 344 g/mol. The maximum absolute atomic E-state index is 12.5. The summed E-state index contributed by atoms with van der Waals surface area (Å²) >= 11 is 0. The normalized spacial score (nSPS) is 23.4. The van der Waals surface area contributed by atoms with Crippen LogP contribution in [0.4, 0.5) is 0 Å². The van der Waals surface area contributed by atoms with Crippen molar-refractivity contribution in [1.29, 1.82) is 0 Å². The minimum absolute atomic E-state index is 0.0502. The lowest BCUT2D eigenvalue weighted by molar-refractivity contribution is -0.155. The van der Waals surface area contributed by atoms with Crippen molar-refractivity contribution in [2.75, 3.05) is 19.4 Å². The van der Waals surface area contributed by atoms with Crippen molar-refractivity contribution in [2.45, 2.75) is 32.7 Å². The Hall–Kier alpha value is -1.90. The number of β-lactam (4-membered cyclic amide) rings is 1. The van der Waals surface area contributed by atoms with Crippen molar-refractivity contribution in [3.63, 3.8) is 0 Å². The quantitative estimate of drug-likeness (QED) is 0.517. The van der Waals surface area contributed by atoms with Crippen LogP contribution in [0.3, 0.4) is 0 Å². The van der Waals surface area contributed by atoms with Gasteiger partial charge >= 0.3 is 5.97 Å². The van der Waals surface area contributed by atoms with E-state index < -0.39 is 15.8 Å². The lowest BCUT2D eigenvalue weighted by Crippen LogP contribution is -2.58. The first-order valence-corrected chi connectivity index (χ1v) is 9.01. The van der Waals surface area contributed by atoms with E-state index >= 15 is 0 Å². The highest BCUT2D eigenvalue weighted by molar-refractivity contribution is 7.95. The van der Waals surface area contributed by atoms with E-state index in [1.807, 2.05) is 6.92 Å². The molecule has 8 nitrogen and oxygen atoms in total. The zero-order chi connectivity index (χ0) is 17.4. The maximum atomic E-state index is 12.5. The number of esters is 1. The van der Waals surface area contributed by atoms with Gasteiger partial charge in [-0.2, -0.15) is 0 Å². The number of ether oxygens (including phenoxy) is 1. The summed E-state index contributed by atoms with van der Waals surface area (Å²) in [6.07, 6.45) is 0.713. The van der Waals surface area contributed by atoms with Gasteiger partial charge in [-0.15, -0.1) is 0 Å². The molecule has 0 aromatic carbocycles. The molecule has 1 N–H and O–H groups in total. The fraction of sp³-hybridized carbons (Fsp3) is 0.643. The van der Waals surface area contributed by atoms with Crippen molar-refractivity contribution in [1.82, 2.24) is 10.2 Å². The molecule has 9 heteroatoms. The molecule has 2 aliphatic rings. The number of sulfone groups is 1. The highest BCUT2D eigenvalue weighted by Crippen LogP contribution is 2.45. The van der Waals surface area contributed by atoms with Crippen LogP contribution in [0.5, 0.6) is 0 Å². The first-order valence-electron chi connectivity index (χ1n) is 7.36. The summed E-state index contributed by atoms with van der Waals surface area (Å²) < 4.78 is 29.7. The molecule has 0 saturated carbocycles. The number of hydrogen-bond donors (Lipinski definition) is 1. The predicted molar refractivity (Wildman–Crippen MR) is 80.5 cm³/mol. The van der Waals surface area contributed by atoms with Gasteiger partial charge in [0.2, 0.25) is 11.8 Å². The highest BCUT2D eigenvalue weighted by atomic mass is 32.2. The number of fused-ring (bicyclic) bond motifs is 1. The third-order valence-electron chi connectivity index (χ3n) is 4.19. The molecule has 1 fully saturated rings. The second-order valence-corrected chi connectivity index (χ2v) is 7.69. The number of rotatable bonds is 6. The smallest absolute Gasteiger partial charge is 0.355 e. The van der Waals surface area contributed by atoms with E-state index in [1.165, 1.54) is 11.8 Å². The molecule has 128 valence electrons. The Kier molecular flexibility index (Phi) is 4.79. The molecular formula is C14H20N2O6S. The SMILES string of the molecule is CCC1C(=O)N2C(C(=O)OC)=C(S(=O)(=O)CCNC(C)=O)CC12. The van der Waals surface area contributed by atoms with Crippen LogP contribution in [0.15, 0.2) is 10.6 Å². The minimum Gasteiger partial charge on any atom is -0.464 e. The zero-order valence-corrected chi connectivity index (χ0v) is 14.1. The summed E-state index contributed by atoms with van der Waals surface area (Å²) in [4.78, 5) is 36.1. The van der Waals surface area contributed by atoms with Gasteiger partial charge < -0.3 is 15.0 Å². The van der Waals surface area contributed by atoms with Crippen LogP contribution < -0.4 is 5.32 Å². The number of nitrogens with one attached hydrogen (secondary N) is 1. The Morgan fingerprint density at radius 1 is 1.39 bits per heavy atom. The molecule has 23 heavy (non-hydrogen) atoms. The Morgan fingerprint density at radius 2 is 2.04 bits per heavy atom. The number of nitrogens with zero attached hydrogens (tertiary/aromatic N) is 1. The van der Waals surface area contributed by atoms with Crippen LogP contribution >= 0.6 is 0 Å². The van der Waals surface area contributed by atoms with E-state index in [9.17, 15) is 22.8 Å². The number of hydrogen-bond acceptors (Lipinski definition) is 6. The van der Waals surface area contributed by atoms with Crippen molar-refractivity contribution >= 4 is 27.6 Å². The second kappa shape index (κ2) is 6.31. The molecule has 2 aliphatic heterocycles. The van der Waals surface area contributed by atoms with Crippen molar-refractivity contribution in [2.24, 2.45) is 5.92 Å². The van der Waals surface area contributed by atoms with Crippen LogP contribution in [0, 0.1) is 5.92 Å². The maximum Gasteiger partial charge on any atom is 0.355 e. The summed E-state index contributed by atoms with van der Waals surface area (Å²) in [5.41, 5.74) is -0.171. The highest BCUT2D eigenvalue weighted by Gasteiger charge is 2.56. The number of carbonyl (C=O) groups excluding carboxylic acids is 3. The standard InChI is InChI=1S/C14H20N2O6S/c1-4-9-10-7-11(23(20,21)6-5-15-8(2)17)12(14(19)22-3)16(10)13(9)18/h9-10H,4-7H2,1-3H3,(H,15,17). The number of carbonyl (C=O) groups is 3. The van der Waals surface area contributed by atoms with E-state index in [-0.39, 0.29) is 53.1 Å². The molecule has 0 aromatic heterocycles. The first-order chi connectivity index (χ1) is 10.7. The van der Waals surface area contributed by atoms with Gasteiger partial charge in [-0.05, 0) is 6.42 Å². The zero-order valence-electron chi connectivity index (χ0n) is 13.3. The monoisotopic (exact) mass is 344 g/mol. The second-order valence-electron chi connectivity index (χ2n) is 5.56. The molecule has 1 saturated heterocycles. The van der Waals surface area contributed by atoms with Gasteiger partial charge in [0.1, 0.15) is 5.70 Å². The largest absolute Gasteiger partial charge is 0.464 e. The number of amides is 2. The fourth-order valence-electron chi connectivity index (χ4n) is 3.05. The third kappa shape index (κ3) is 2.97. The molecule has 0 bridgehead atoms. The number of methoxy groups -OCH3 is 1. The minimum atomic E-state index is -3.77. The molecule has 2 rings (SSSR count). The van der Waals surface area contributed by atoms with Gasteiger partial charge in [-0.3, -0.25) is 9.59 Å². The van der Waals surface area contributed by atoms with Gasteiger partial charge in [-0.25, -0.2) is 13.2 Å². The molecule has 2 heterocycles. The Morgan fingerprint density at radius 3 is 2.57 bits per heavy atom. The van der Waals surface area contributed by atoms with Crippen LogP contribution in [-0.4, -0.2) is 56.6 Å². The summed E-state index contributed by atoms with van der Waals surface area (Å²) in [6, 6.07) is -0.299. The average Bonchev–Trinajstić information content (AvgIpc) is 2.82. The summed E-state index contributed by atoms with van der Waals surface area (Å²) in [5, 5.41) is 2.41. The van der Waals surface area contributed by atoms with Gasteiger partial charge in [0.15, 0.2) is 9.84 Å². The summed E-state index contributed by atoms with van der Waals surface area (Å²) in [7, 11) is -2.63. The molecule has 0 aliphatic carbocycles. The van der Waals surface area contributed by atoms with E-state index in [0.717, 1.165) is 7.11 Å². The van der Waals surface area contributed by atoms with Crippen molar-refractivity contribution in [3.8, 4) is 0 Å². The summed E-state index contributed by atoms with van der Waals surface area (Å²) in [5.74, 6) is -2.00. The predicted octanol–water partition coefficient (Wildman–Crippen LogP) is -0.437.